The molecule has 2 aromatic heterocycles. The van der Waals surface area contributed by atoms with Crippen molar-refractivity contribution in [2.45, 2.75) is 18.8 Å². The third-order valence-corrected chi connectivity index (χ3v) is 4.58. The summed E-state index contributed by atoms with van der Waals surface area (Å²) >= 11 is 0. The van der Waals surface area contributed by atoms with Crippen molar-refractivity contribution in [3.63, 3.8) is 0 Å². The highest BCUT2D eigenvalue weighted by atomic mass is 16.5. The number of ether oxygens (including phenoxy) is 1. The second-order valence-corrected chi connectivity index (χ2v) is 6.37. The summed E-state index contributed by atoms with van der Waals surface area (Å²) in [7, 11) is 1.64. The van der Waals surface area contributed by atoms with Crippen molar-refractivity contribution in [3.8, 4) is 17.4 Å². The van der Waals surface area contributed by atoms with Gasteiger partial charge in [-0.3, -0.25) is 4.79 Å². The normalized spacial score (nSPS) is 14.0. The molecule has 0 N–H and O–H groups in total. The Morgan fingerprint density at radius 1 is 1.19 bits per heavy atom. The number of methoxy groups -OCH3 is 1. The van der Waals surface area contributed by atoms with Gasteiger partial charge in [0.25, 0.3) is 0 Å². The van der Waals surface area contributed by atoms with Crippen LogP contribution in [0.5, 0.6) is 5.75 Å². The summed E-state index contributed by atoms with van der Waals surface area (Å²) < 4.78 is 10.5. The van der Waals surface area contributed by atoms with Crippen LogP contribution in [0.15, 0.2) is 47.2 Å². The molecule has 0 saturated carbocycles. The highest BCUT2D eigenvalue weighted by Crippen LogP contribution is 2.27. The summed E-state index contributed by atoms with van der Waals surface area (Å²) in [6.45, 7) is 1.19. The SMILES string of the molecule is COc1ccc(CCC(=O)N2CC(c3nc(-c4ncccn4)no3)C2)cc1. The molecule has 0 atom stereocenters. The van der Waals surface area contributed by atoms with Crippen LogP contribution in [0.2, 0.25) is 0 Å². The lowest BCUT2D eigenvalue weighted by Crippen LogP contribution is -2.48. The lowest BCUT2D eigenvalue weighted by Gasteiger charge is -2.37. The molecule has 0 bridgehead atoms. The molecule has 1 saturated heterocycles. The number of aromatic nitrogens is 4. The first-order valence-electron chi connectivity index (χ1n) is 8.74. The Labute approximate surface area is 156 Å². The predicted octanol–water partition coefficient (Wildman–Crippen LogP) is 2.09. The Kier molecular flexibility index (Phi) is 4.78. The lowest BCUT2D eigenvalue weighted by molar-refractivity contribution is -0.135. The van der Waals surface area contributed by atoms with Crippen LogP contribution >= 0.6 is 0 Å². The molecule has 1 fully saturated rings. The Hall–Kier alpha value is -3.29. The summed E-state index contributed by atoms with van der Waals surface area (Å²) in [6.07, 6.45) is 4.45. The quantitative estimate of drug-likeness (QED) is 0.660. The first-order valence-corrected chi connectivity index (χ1v) is 8.74. The van der Waals surface area contributed by atoms with E-state index in [-0.39, 0.29) is 11.8 Å². The van der Waals surface area contributed by atoms with Crippen molar-refractivity contribution in [2.24, 2.45) is 0 Å². The number of benzene rings is 1. The first-order chi connectivity index (χ1) is 13.2. The highest BCUT2D eigenvalue weighted by Gasteiger charge is 2.35. The first kappa shape index (κ1) is 17.1. The average Bonchev–Trinajstić information content (AvgIpc) is 3.16. The number of aryl methyl sites for hydroxylation is 1. The zero-order chi connectivity index (χ0) is 18.6. The van der Waals surface area contributed by atoms with Crippen molar-refractivity contribution in [3.05, 3.63) is 54.2 Å². The van der Waals surface area contributed by atoms with Gasteiger partial charge < -0.3 is 14.2 Å². The largest absolute Gasteiger partial charge is 0.497 e. The third kappa shape index (κ3) is 3.79. The number of hydrogen-bond acceptors (Lipinski definition) is 7. The molecular formula is C19H19N5O3. The van der Waals surface area contributed by atoms with Crippen LogP contribution < -0.4 is 4.74 Å². The Balaban J connectivity index is 1.27. The molecule has 3 heterocycles. The highest BCUT2D eigenvalue weighted by molar-refractivity contribution is 5.77. The fourth-order valence-electron chi connectivity index (χ4n) is 2.95. The zero-order valence-electron chi connectivity index (χ0n) is 14.9. The van der Waals surface area contributed by atoms with Gasteiger partial charge in [0, 0.05) is 31.9 Å². The summed E-state index contributed by atoms with van der Waals surface area (Å²) in [6, 6.07) is 9.51. The molecule has 0 radical (unpaired) electrons. The molecule has 4 rings (SSSR count). The fraction of sp³-hybridized carbons (Fsp3) is 0.316. The summed E-state index contributed by atoms with van der Waals surface area (Å²) in [5.41, 5.74) is 1.12. The van der Waals surface area contributed by atoms with Gasteiger partial charge in [0.05, 0.1) is 13.0 Å². The molecule has 0 unspecified atom stereocenters. The predicted molar refractivity (Wildman–Crippen MR) is 96.0 cm³/mol. The standard InChI is InChI=1S/C19H19N5O3/c1-26-15-6-3-13(4-7-15)5-8-16(25)24-11-14(12-24)19-22-18(23-27-19)17-20-9-2-10-21-17/h2-4,6-7,9-10,14H,5,8,11-12H2,1H3. The van der Waals surface area contributed by atoms with Gasteiger partial charge >= 0.3 is 0 Å². The van der Waals surface area contributed by atoms with Gasteiger partial charge in [0.15, 0.2) is 0 Å². The summed E-state index contributed by atoms with van der Waals surface area (Å²) in [5, 5.41) is 3.92. The number of carbonyl (C=O) groups excluding carboxylic acids is 1. The molecule has 8 nitrogen and oxygen atoms in total. The summed E-state index contributed by atoms with van der Waals surface area (Å²) in [4.78, 5) is 26.7. The monoisotopic (exact) mass is 365 g/mol. The van der Waals surface area contributed by atoms with E-state index < -0.39 is 0 Å². The van der Waals surface area contributed by atoms with Crippen molar-refractivity contribution >= 4 is 5.91 Å². The van der Waals surface area contributed by atoms with Crippen molar-refractivity contribution in [1.82, 2.24) is 25.0 Å². The van der Waals surface area contributed by atoms with Gasteiger partial charge in [-0.2, -0.15) is 4.98 Å². The number of rotatable bonds is 6. The smallest absolute Gasteiger partial charge is 0.240 e. The van der Waals surface area contributed by atoms with Crippen LogP contribution in [0.3, 0.4) is 0 Å². The minimum absolute atomic E-state index is 0.0694. The van der Waals surface area contributed by atoms with Gasteiger partial charge in [-0.25, -0.2) is 9.97 Å². The van der Waals surface area contributed by atoms with Crippen LogP contribution in [-0.4, -0.2) is 51.1 Å². The number of likely N-dealkylation sites (tertiary alicyclic amines) is 1. The Morgan fingerprint density at radius 2 is 1.93 bits per heavy atom. The Morgan fingerprint density at radius 3 is 2.63 bits per heavy atom. The van der Waals surface area contributed by atoms with E-state index >= 15 is 0 Å². The molecule has 1 aliphatic heterocycles. The maximum Gasteiger partial charge on any atom is 0.240 e. The van der Waals surface area contributed by atoms with Gasteiger partial charge in [-0.1, -0.05) is 17.3 Å². The van der Waals surface area contributed by atoms with Gasteiger partial charge in [-0.15, -0.1) is 0 Å². The average molecular weight is 365 g/mol. The minimum atomic E-state index is 0.0694. The van der Waals surface area contributed by atoms with Gasteiger partial charge in [0.1, 0.15) is 5.75 Å². The Bertz CT molecular complexity index is 905. The molecule has 3 aromatic rings. The molecule has 138 valence electrons. The van der Waals surface area contributed by atoms with E-state index in [9.17, 15) is 4.79 Å². The number of hydrogen-bond donors (Lipinski definition) is 0. The van der Waals surface area contributed by atoms with Crippen LogP contribution in [0.1, 0.15) is 23.8 Å². The number of amides is 1. The second-order valence-electron chi connectivity index (χ2n) is 6.37. The van der Waals surface area contributed by atoms with E-state index in [0.29, 0.717) is 43.5 Å². The van der Waals surface area contributed by atoms with E-state index in [2.05, 4.69) is 20.1 Å². The molecule has 1 aromatic carbocycles. The number of carbonyl (C=O) groups is 1. The van der Waals surface area contributed by atoms with Crippen molar-refractivity contribution in [2.75, 3.05) is 20.2 Å². The van der Waals surface area contributed by atoms with Gasteiger partial charge in [-0.05, 0) is 30.2 Å². The van der Waals surface area contributed by atoms with E-state index in [1.165, 1.54) is 0 Å². The van der Waals surface area contributed by atoms with Crippen molar-refractivity contribution in [1.29, 1.82) is 0 Å². The van der Waals surface area contributed by atoms with Crippen LogP contribution in [-0.2, 0) is 11.2 Å². The van der Waals surface area contributed by atoms with Gasteiger partial charge in [0.2, 0.25) is 23.4 Å². The van der Waals surface area contributed by atoms with E-state index in [4.69, 9.17) is 9.26 Å². The molecule has 1 aliphatic rings. The maximum atomic E-state index is 12.3. The number of nitrogens with zero attached hydrogens (tertiary/aromatic N) is 5. The van der Waals surface area contributed by atoms with E-state index in [0.717, 1.165) is 11.3 Å². The topological polar surface area (TPSA) is 94.2 Å². The zero-order valence-corrected chi connectivity index (χ0v) is 14.9. The molecular weight excluding hydrogens is 346 g/mol. The maximum absolute atomic E-state index is 12.3. The minimum Gasteiger partial charge on any atom is -0.497 e. The molecule has 1 amide bonds. The molecule has 8 heteroatoms. The van der Waals surface area contributed by atoms with Crippen LogP contribution in [0.4, 0.5) is 0 Å². The lowest BCUT2D eigenvalue weighted by atomic mass is 9.99. The summed E-state index contributed by atoms with van der Waals surface area (Å²) in [5.74, 6) is 2.34. The van der Waals surface area contributed by atoms with Crippen molar-refractivity contribution < 1.29 is 14.1 Å². The fourth-order valence-corrected chi connectivity index (χ4v) is 2.95. The third-order valence-electron chi connectivity index (χ3n) is 4.58. The molecule has 27 heavy (non-hydrogen) atoms. The molecule has 0 aliphatic carbocycles. The molecule has 0 spiro atoms. The van der Waals surface area contributed by atoms with E-state index in [1.54, 1.807) is 25.6 Å². The van der Waals surface area contributed by atoms with E-state index in [1.807, 2.05) is 29.2 Å². The van der Waals surface area contributed by atoms with Crippen LogP contribution in [0, 0.1) is 0 Å². The second kappa shape index (κ2) is 7.53. The van der Waals surface area contributed by atoms with Crippen LogP contribution in [0.25, 0.3) is 11.6 Å².